The molecule has 0 aliphatic carbocycles. The molecule has 3 rings (SSSR count). The van der Waals surface area contributed by atoms with E-state index in [1.807, 2.05) is 13.8 Å². The summed E-state index contributed by atoms with van der Waals surface area (Å²) in [7, 11) is -3.85. The van der Waals surface area contributed by atoms with Crippen LogP contribution in [-0.4, -0.2) is 48.7 Å². The van der Waals surface area contributed by atoms with Crippen molar-refractivity contribution in [2.24, 2.45) is 0 Å². The average Bonchev–Trinajstić information content (AvgIpc) is 2.74. The Morgan fingerprint density at radius 1 is 1.19 bits per heavy atom. The highest BCUT2D eigenvalue weighted by atomic mass is 32.2. The lowest BCUT2D eigenvalue weighted by Gasteiger charge is -2.34. The zero-order valence-corrected chi connectivity index (χ0v) is 19.7. The molecule has 0 spiro atoms. The fourth-order valence-corrected chi connectivity index (χ4v) is 5.33. The van der Waals surface area contributed by atoms with Gasteiger partial charge in [0.05, 0.1) is 10.9 Å². The second-order valence-corrected chi connectivity index (χ2v) is 10.7. The van der Waals surface area contributed by atoms with Gasteiger partial charge in [0.15, 0.2) is 0 Å². The number of rotatable bonds is 6. The highest BCUT2D eigenvalue weighted by Crippen LogP contribution is 2.35. The summed E-state index contributed by atoms with van der Waals surface area (Å²) < 4.78 is 42.2. The van der Waals surface area contributed by atoms with Gasteiger partial charge in [-0.3, -0.25) is 4.98 Å². The number of carbonyl (C=O) groups is 1. The number of carbonyl (C=O) groups excluding carboxylic acids is 1. The Hall–Kier alpha value is -2.52. The van der Waals surface area contributed by atoms with Crippen LogP contribution in [0.3, 0.4) is 0 Å². The molecule has 7 nitrogen and oxygen atoms in total. The van der Waals surface area contributed by atoms with Gasteiger partial charge in [0, 0.05) is 29.6 Å². The van der Waals surface area contributed by atoms with Gasteiger partial charge in [0.1, 0.15) is 5.82 Å². The van der Waals surface area contributed by atoms with Crippen molar-refractivity contribution in [2.75, 3.05) is 18.4 Å². The molecule has 2 aromatic rings. The van der Waals surface area contributed by atoms with Gasteiger partial charge in [0.25, 0.3) is 0 Å². The Morgan fingerprint density at radius 2 is 1.88 bits per heavy atom. The number of hydrogen-bond acceptors (Lipinski definition) is 5. The molecule has 1 saturated heterocycles. The van der Waals surface area contributed by atoms with Crippen LogP contribution in [0.25, 0.3) is 11.1 Å². The molecule has 0 radical (unpaired) electrons. The van der Waals surface area contributed by atoms with Crippen LogP contribution in [0.4, 0.5) is 14.9 Å². The van der Waals surface area contributed by atoms with Crippen molar-refractivity contribution < 1.29 is 17.6 Å². The topological polar surface area (TPSA) is 91.4 Å². The molecule has 2 N–H and O–H groups in total. The third-order valence-electron chi connectivity index (χ3n) is 5.85. The molecule has 0 atom stereocenters. The number of anilines is 1. The van der Waals surface area contributed by atoms with E-state index in [4.69, 9.17) is 0 Å². The van der Waals surface area contributed by atoms with Gasteiger partial charge in [-0.2, -0.15) is 0 Å². The molecule has 1 aromatic heterocycles. The zero-order chi connectivity index (χ0) is 23.5. The van der Waals surface area contributed by atoms with Gasteiger partial charge in [-0.25, -0.2) is 22.3 Å². The van der Waals surface area contributed by atoms with Crippen LogP contribution in [0, 0.1) is 5.82 Å². The third-order valence-corrected chi connectivity index (χ3v) is 7.67. The number of nitrogens with zero attached hydrogens (tertiary/aromatic N) is 2. The number of halogens is 1. The predicted octanol–water partition coefficient (Wildman–Crippen LogP) is 4.34. The average molecular weight is 463 g/mol. The second kappa shape index (κ2) is 9.95. The minimum Gasteiger partial charge on any atom is -0.306 e. The number of hydrogen-bond donors (Lipinski definition) is 2. The maximum absolute atomic E-state index is 14.3. The Labute approximate surface area is 189 Å². The van der Waals surface area contributed by atoms with Gasteiger partial charge < -0.3 is 10.2 Å². The lowest BCUT2D eigenvalue weighted by Crippen LogP contribution is -2.47. The zero-order valence-electron chi connectivity index (χ0n) is 18.9. The molecular formula is C23H31FN4O3S. The molecule has 0 saturated carbocycles. The summed E-state index contributed by atoms with van der Waals surface area (Å²) >= 11 is 0. The molecule has 32 heavy (non-hydrogen) atoms. The molecule has 1 aliphatic heterocycles. The van der Waals surface area contributed by atoms with Gasteiger partial charge in [0.2, 0.25) is 10.0 Å². The van der Waals surface area contributed by atoms with Crippen molar-refractivity contribution in [1.29, 1.82) is 0 Å². The van der Waals surface area contributed by atoms with Crippen LogP contribution < -0.4 is 10.0 Å². The Kier molecular flexibility index (Phi) is 7.51. The van der Waals surface area contributed by atoms with Crippen molar-refractivity contribution in [2.45, 2.75) is 57.7 Å². The molecule has 174 valence electrons. The van der Waals surface area contributed by atoms with E-state index in [9.17, 15) is 17.6 Å². The molecule has 9 heteroatoms. The van der Waals surface area contributed by atoms with Crippen molar-refractivity contribution >= 4 is 21.7 Å². The number of sulfonamides is 1. The van der Waals surface area contributed by atoms with Crippen molar-refractivity contribution in [1.82, 2.24) is 14.6 Å². The first-order valence-electron chi connectivity index (χ1n) is 10.9. The molecule has 2 heterocycles. The van der Waals surface area contributed by atoms with Crippen molar-refractivity contribution in [3.05, 3.63) is 48.0 Å². The minimum atomic E-state index is -3.85. The van der Waals surface area contributed by atoms with Gasteiger partial charge in [-0.1, -0.05) is 19.9 Å². The van der Waals surface area contributed by atoms with Gasteiger partial charge >= 0.3 is 6.03 Å². The summed E-state index contributed by atoms with van der Waals surface area (Å²) in [4.78, 5) is 19.1. The van der Waals surface area contributed by atoms with Gasteiger partial charge in [-0.15, -0.1) is 0 Å². The molecule has 0 unspecified atom stereocenters. The van der Waals surface area contributed by atoms with Crippen molar-refractivity contribution in [3.63, 3.8) is 0 Å². The molecule has 1 fully saturated rings. The van der Waals surface area contributed by atoms with Gasteiger partial charge in [-0.05, 0) is 69.5 Å². The number of aromatic nitrogens is 1. The van der Waals surface area contributed by atoms with E-state index in [1.165, 1.54) is 12.1 Å². The Balaban J connectivity index is 1.83. The van der Waals surface area contributed by atoms with E-state index in [0.717, 1.165) is 0 Å². The Morgan fingerprint density at radius 3 is 2.44 bits per heavy atom. The quantitative estimate of drug-likeness (QED) is 0.667. The molecule has 0 bridgehead atoms. The Bertz CT molecular complexity index is 1050. The summed E-state index contributed by atoms with van der Waals surface area (Å²) in [6, 6.07) is 5.65. The van der Waals surface area contributed by atoms with Crippen LogP contribution in [0.15, 0.2) is 36.7 Å². The number of amides is 2. The minimum absolute atomic E-state index is 0.103. The monoisotopic (exact) mass is 462 g/mol. The normalized spacial score (nSPS) is 15.8. The van der Waals surface area contributed by atoms with E-state index >= 15 is 0 Å². The fraction of sp³-hybridized carbons (Fsp3) is 0.478. The number of pyridine rings is 1. The summed E-state index contributed by atoms with van der Waals surface area (Å²) in [6.45, 7) is 9.26. The number of piperidine rings is 1. The number of likely N-dealkylation sites (tertiary alicyclic amines) is 1. The lowest BCUT2D eigenvalue weighted by atomic mass is 9.94. The summed E-state index contributed by atoms with van der Waals surface area (Å²) in [5, 5.41) is 2.05. The van der Waals surface area contributed by atoms with E-state index in [2.05, 4.69) is 33.8 Å². The smallest absolute Gasteiger partial charge is 0.306 e. The number of urea groups is 1. The molecule has 1 aromatic carbocycles. The van der Waals surface area contributed by atoms with Crippen LogP contribution in [0.2, 0.25) is 0 Å². The fourth-order valence-electron chi connectivity index (χ4n) is 4.03. The van der Waals surface area contributed by atoms with E-state index in [0.29, 0.717) is 54.4 Å². The largest absolute Gasteiger partial charge is 0.332 e. The SMILES string of the molecule is CC(C)c1cc(F)cc(-c2cccnc2)c1NC(=O)NS(=O)(=O)C1CCN(C(C)C)CC1. The third kappa shape index (κ3) is 5.63. The summed E-state index contributed by atoms with van der Waals surface area (Å²) in [6.07, 6.45) is 4.11. The highest BCUT2D eigenvalue weighted by molar-refractivity contribution is 7.90. The summed E-state index contributed by atoms with van der Waals surface area (Å²) in [5.74, 6) is -0.545. The van der Waals surface area contributed by atoms with Crippen molar-refractivity contribution in [3.8, 4) is 11.1 Å². The summed E-state index contributed by atoms with van der Waals surface area (Å²) in [5.41, 5.74) is 2.01. The van der Waals surface area contributed by atoms with Crippen LogP contribution in [-0.2, 0) is 10.0 Å². The van der Waals surface area contributed by atoms with E-state index < -0.39 is 27.1 Å². The highest BCUT2D eigenvalue weighted by Gasteiger charge is 2.32. The first kappa shape index (κ1) is 24.1. The molecular weight excluding hydrogens is 431 g/mol. The number of benzene rings is 1. The first-order valence-corrected chi connectivity index (χ1v) is 12.4. The molecule has 1 aliphatic rings. The molecule has 2 amide bonds. The lowest BCUT2D eigenvalue weighted by molar-refractivity contribution is 0.186. The number of nitrogens with one attached hydrogen (secondary N) is 2. The van der Waals surface area contributed by atoms with E-state index in [-0.39, 0.29) is 5.92 Å². The second-order valence-electron chi connectivity index (χ2n) is 8.74. The van der Waals surface area contributed by atoms with Crippen LogP contribution >= 0.6 is 0 Å². The standard InChI is InChI=1S/C23H31FN4O3S/c1-15(2)20-12-18(24)13-21(17-6-5-9-25-14-17)22(20)26-23(29)27-32(30,31)19-7-10-28(11-8-19)16(3)4/h5-6,9,12-16,19H,7-8,10-11H2,1-4H3,(H2,26,27,29). The van der Waals surface area contributed by atoms with Crippen LogP contribution in [0.5, 0.6) is 0 Å². The first-order chi connectivity index (χ1) is 15.1. The maximum atomic E-state index is 14.3. The predicted molar refractivity (Wildman–Crippen MR) is 125 cm³/mol. The van der Waals surface area contributed by atoms with Crippen LogP contribution in [0.1, 0.15) is 52.0 Å². The van der Waals surface area contributed by atoms with E-state index in [1.54, 1.807) is 24.5 Å². The maximum Gasteiger partial charge on any atom is 0.332 e.